The zero-order valence-electron chi connectivity index (χ0n) is 8.97. The summed E-state index contributed by atoms with van der Waals surface area (Å²) in [6.45, 7) is 2.01. The van der Waals surface area contributed by atoms with E-state index in [2.05, 4.69) is 22.3 Å². The third kappa shape index (κ3) is 1.99. The van der Waals surface area contributed by atoms with Crippen LogP contribution < -0.4 is 0 Å². The Hall–Kier alpha value is -1.64. The van der Waals surface area contributed by atoms with Crippen LogP contribution in [0.15, 0.2) is 41.2 Å². The quantitative estimate of drug-likeness (QED) is 0.744. The van der Waals surface area contributed by atoms with Crippen molar-refractivity contribution in [1.29, 1.82) is 0 Å². The molecule has 2 aromatic rings. The van der Waals surface area contributed by atoms with Crippen molar-refractivity contribution in [2.45, 2.75) is 19.3 Å². The Morgan fingerprint density at radius 3 is 2.86 bits per heavy atom. The van der Waals surface area contributed by atoms with Gasteiger partial charge in [0.25, 0.3) is 0 Å². The fraction of sp³-hybridized carbons (Fsp3) is 0.273. The molecule has 0 fully saturated rings. The lowest BCUT2D eigenvalue weighted by Crippen LogP contribution is -1.98. The Balaban J connectivity index is 2.07. The van der Waals surface area contributed by atoms with Crippen LogP contribution in [0.4, 0.5) is 0 Å². The van der Waals surface area contributed by atoms with Crippen molar-refractivity contribution in [3.63, 3.8) is 0 Å². The van der Waals surface area contributed by atoms with Gasteiger partial charge in [-0.15, -0.1) is 0 Å². The maximum absolute atomic E-state index is 7.17. The molecule has 1 aromatic carbocycles. The second-order valence-corrected chi connectivity index (χ2v) is 3.32. The molecule has 1 unspecified atom stereocenters. The van der Waals surface area contributed by atoms with Crippen molar-refractivity contribution in [1.82, 2.24) is 10.1 Å². The van der Waals surface area contributed by atoms with E-state index in [0.717, 1.165) is 6.42 Å². The summed E-state index contributed by atoms with van der Waals surface area (Å²) in [4.78, 5) is 3.90. The Labute approximate surface area is 84.2 Å². The minimum Gasteiger partial charge on any atom is -0.339 e. The summed E-state index contributed by atoms with van der Waals surface area (Å²) in [7, 11) is 0. The number of hydrogen-bond donors (Lipinski definition) is 0. The van der Waals surface area contributed by atoms with E-state index in [9.17, 15) is 0 Å². The van der Waals surface area contributed by atoms with E-state index in [1.807, 2.05) is 25.1 Å². The van der Waals surface area contributed by atoms with Crippen molar-refractivity contribution in [2.24, 2.45) is 0 Å². The van der Waals surface area contributed by atoms with Gasteiger partial charge in [-0.2, -0.15) is 4.98 Å². The maximum Gasteiger partial charge on any atom is 0.229 e. The zero-order valence-corrected chi connectivity index (χ0v) is 7.97. The first kappa shape index (κ1) is 7.74. The van der Waals surface area contributed by atoms with Gasteiger partial charge in [0.15, 0.2) is 6.30 Å². The molecule has 72 valence electrons. The summed E-state index contributed by atoms with van der Waals surface area (Å²) < 4.78 is 12.1. The molecule has 14 heavy (non-hydrogen) atoms. The third-order valence-electron chi connectivity index (χ3n) is 2.15. The van der Waals surface area contributed by atoms with Crippen LogP contribution in [0.25, 0.3) is 0 Å². The van der Waals surface area contributed by atoms with Crippen LogP contribution in [0, 0.1) is 0 Å². The summed E-state index contributed by atoms with van der Waals surface area (Å²) in [6.07, 6.45) is 0.799. The van der Waals surface area contributed by atoms with Gasteiger partial charge >= 0.3 is 0 Å². The van der Waals surface area contributed by atoms with Crippen LogP contribution in [0.3, 0.4) is 0 Å². The monoisotopic (exact) mass is 189 g/mol. The van der Waals surface area contributed by atoms with Gasteiger partial charge in [0.05, 0.1) is 0 Å². The largest absolute Gasteiger partial charge is 0.339 e. The van der Waals surface area contributed by atoms with Crippen molar-refractivity contribution >= 4 is 0 Å². The molecule has 0 spiro atoms. The van der Waals surface area contributed by atoms with E-state index in [1.54, 1.807) is 0 Å². The summed E-state index contributed by atoms with van der Waals surface area (Å²) in [5.74, 6) is 0.683. The summed E-state index contributed by atoms with van der Waals surface area (Å²) in [5, 5.41) is 3.46. The van der Waals surface area contributed by atoms with E-state index in [4.69, 9.17) is 5.89 Å². The fourth-order valence-corrected chi connectivity index (χ4v) is 1.41. The van der Waals surface area contributed by atoms with Crippen LogP contribution in [0.5, 0.6) is 0 Å². The predicted octanol–water partition coefficient (Wildman–Crippen LogP) is 2.42. The Morgan fingerprint density at radius 1 is 1.43 bits per heavy atom. The molecule has 0 saturated carbocycles. The van der Waals surface area contributed by atoms with Crippen molar-refractivity contribution in [3.05, 3.63) is 48.1 Å². The molecule has 0 radical (unpaired) electrons. The van der Waals surface area contributed by atoms with E-state index in [0.29, 0.717) is 5.89 Å². The van der Waals surface area contributed by atoms with Crippen LogP contribution in [0.1, 0.15) is 25.7 Å². The van der Waals surface area contributed by atoms with Crippen LogP contribution in [0.2, 0.25) is 0 Å². The molecule has 0 saturated heterocycles. The molecule has 3 heteroatoms. The number of benzene rings is 1. The molecule has 0 bridgehead atoms. The van der Waals surface area contributed by atoms with Crippen molar-refractivity contribution < 1.29 is 5.89 Å². The number of nitrogens with zero attached hydrogens (tertiary/aromatic N) is 2. The van der Waals surface area contributed by atoms with E-state index in [-0.39, 0.29) is 12.2 Å². The van der Waals surface area contributed by atoms with Gasteiger partial charge in [0.1, 0.15) is 1.37 Å². The van der Waals surface area contributed by atoms with E-state index < -0.39 is 0 Å². The molecule has 0 amide bonds. The molecular weight excluding hydrogens is 176 g/mol. The molecule has 1 atom stereocenters. The Bertz CT molecular complexity index is 427. The lowest BCUT2D eigenvalue weighted by Gasteiger charge is -2.05. The summed E-state index contributed by atoms with van der Waals surface area (Å²) in [6, 6.07) is 10.1. The number of rotatable bonds is 3. The first-order chi connectivity index (χ1) is 7.25. The van der Waals surface area contributed by atoms with Crippen LogP contribution >= 0.6 is 0 Å². The second kappa shape index (κ2) is 4.05. The van der Waals surface area contributed by atoms with Gasteiger partial charge in [-0.25, -0.2) is 0 Å². The highest BCUT2D eigenvalue weighted by molar-refractivity contribution is 5.16. The Morgan fingerprint density at radius 2 is 2.21 bits per heavy atom. The first-order valence-corrected chi connectivity index (χ1v) is 4.60. The molecule has 0 aliphatic heterocycles. The molecule has 1 heterocycles. The topological polar surface area (TPSA) is 38.9 Å². The summed E-state index contributed by atoms with van der Waals surface area (Å²) in [5.41, 5.74) is 1.23. The highest BCUT2D eigenvalue weighted by Gasteiger charge is 2.11. The molecule has 3 nitrogen and oxygen atoms in total. The van der Waals surface area contributed by atoms with Crippen molar-refractivity contribution in [2.75, 3.05) is 0 Å². The fourth-order valence-electron chi connectivity index (χ4n) is 1.41. The molecule has 2 rings (SSSR count). The average Bonchev–Trinajstić information content (AvgIpc) is 2.66. The lowest BCUT2D eigenvalue weighted by molar-refractivity contribution is 0.357. The average molecular weight is 189 g/mol. The molecule has 0 aliphatic carbocycles. The minimum atomic E-state index is -0.0510. The maximum atomic E-state index is 7.17. The van der Waals surface area contributed by atoms with Gasteiger partial charge in [-0.05, 0) is 12.0 Å². The SMILES string of the molecule is [2H]c1noc(C(C)Cc2ccccc2)n1. The van der Waals surface area contributed by atoms with Crippen molar-refractivity contribution in [3.8, 4) is 0 Å². The van der Waals surface area contributed by atoms with E-state index >= 15 is 0 Å². The molecule has 0 aliphatic rings. The zero-order chi connectivity index (χ0) is 10.7. The molecular formula is C11H12N2O. The normalized spacial score (nSPS) is 13.6. The second-order valence-electron chi connectivity index (χ2n) is 3.32. The first-order valence-electron chi connectivity index (χ1n) is 5.10. The van der Waals surface area contributed by atoms with Gasteiger partial charge in [0.2, 0.25) is 5.89 Å². The van der Waals surface area contributed by atoms with Gasteiger partial charge < -0.3 is 4.52 Å². The lowest BCUT2D eigenvalue weighted by atomic mass is 10.0. The highest BCUT2D eigenvalue weighted by atomic mass is 16.5. The molecule has 1 aromatic heterocycles. The van der Waals surface area contributed by atoms with Gasteiger partial charge in [-0.3, -0.25) is 0 Å². The molecule has 0 N–H and O–H groups in total. The van der Waals surface area contributed by atoms with Gasteiger partial charge in [0, 0.05) is 5.92 Å². The van der Waals surface area contributed by atoms with Gasteiger partial charge in [-0.1, -0.05) is 42.4 Å². The van der Waals surface area contributed by atoms with Crippen LogP contribution in [-0.4, -0.2) is 10.1 Å². The summed E-state index contributed by atoms with van der Waals surface area (Å²) >= 11 is 0. The third-order valence-corrected chi connectivity index (χ3v) is 2.15. The highest BCUT2D eigenvalue weighted by Crippen LogP contribution is 2.17. The Kier molecular flexibility index (Phi) is 2.24. The minimum absolute atomic E-state index is 0.0510. The smallest absolute Gasteiger partial charge is 0.229 e. The van der Waals surface area contributed by atoms with E-state index in [1.165, 1.54) is 5.56 Å². The standard InChI is InChI=1S/C11H12N2O/c1-9(11-12-8-13-14-11)7-10-5-3-2-4-6-10/h2-6,8-9H,7H2,1H3/i8D. The predicted molar refractivity (Wildman–Crippen MR) is 52.9 cm³/mol. The van der Waals surface area contributed by atoms with Crippen LogP contribution in [-0.2, 0) is 6.42 Å². The number of aromatic nitrogens is 2. The number of hydrogen-bond acceptors (Lipinski definition) is 3.